The van der Waals surface area contributed by atoms with Gasteiger partial charge in [-0.25, -0.2) is 8.42 Å². The molecule has 2 aromatic carbocycles. The van der Waals surface area contributed by atoms with Gasteiger partial charge in [0.25, 0.3) is 0 Å². The summed E-state index contributed by atoms with van der Waals surface area (Å²) in [5.41, 5.74) is 0.832. The highest BCUT2D eigenvalue weighted by molar-refractivity contribution is 7.92. The van der Waals surface area contributed by atoms with E-state index < -0.39 is 22.0 Å². The van der Waals surface area contributed by atoms with Gasteiger partial charge < -0.3 is 10.1 Å². The van der Waals surface area contributed by atoms with Crippen LogP contribution < -0.4 is 14.4 Å². The fraction of sp³-hybridized carbons (Fsp3) is 0.235. The van der Waals surface area contributed by atoms with Crippen molar-refractivity contribution in [1.82, 2.24) is 0 Å². The first-order chi connectivity index (χ1) is 11.7. The number of anilines is 2. The van der Waals surface area contributed by atoms with E-state index in [2.05, 4.69) is 5.32 Å². The molecule has 0 aliphatic carbocycles. The molecule has 6 nitrogen and oxygen atoms in total. The number of hydrogen-bond donors (Lipinski definition) is 1. The van der Waals surface area contributed by atoms with Crippen molar-refractivity contribution in [3.05, 3.63) is 53.6 Å². The maximum absolute atomic E-state index is 12.6. The molecule has 0 saturated carbocycles. The number of halogens is 1. The Hall–Kier alpha value is -2.25. The van der Waals surface area contributed by atoms with Crippen LogP contribution in [0.2, 0.25) is 5.02 Å². The molecule has 0 fully saturated rings. The second kappa shape index (κ2) is 7.76. The molecule has 134 valence electrons. The number of rotatable bonds is 6. The normalized spacial score (nSPS) is 12.3. The number of ether oxygens (including phenoxy) is 1. The second-order valence-corrected chi connectivity index (χ2v) is 7.73. The zero-order valence-corrected chi connectivity index (χ0v) is 15.6. The number of hydrogen-bond acceptors (Lipinski definition) is 4. The summed E-state index contributed by atoms with van der Waals surface area (Å²) >= 11 is 5.95. The summed E-state index contributed by atoms with van der Waals surface area (Å²) in [6.07, 6.45) is 1.04. The van der Waals surface area contributed by atoms with Crippen LogP contribution in [0.5, 0.6) is 5.75 Å². The van der Waals surface area contributed by atoms with Crippen molar-refractivity contribution in [3.63, 3.8) is 0 Å². The maximum atomic E-state index is 12.6. The van der Waals surface area contributed by atoms with Crippen LogP contribution >= 0.6 is 11.6 Å². The third-order valence-corrected chi connectivity index (χ3v) is 4.97. The minimum Gasteiger partial charge on any atom is -0.497 e. The first-order valence-corrected chi connectivity index (χ1v) is 9.65. The Bertz CT molecular complexity index is 870. The fourth-order valence-electron chi connectivity index (χ4n) is 2.37. The standard InChI is InChI=1S/C17H19ClN2O4S/c1-12(17(21)19-14-7-5-9-16(11-14)24-2)20(25(3,22)23)15-8-4-6-13(18)10-15/h4-12H,1-3H3,(H,19,21)/t12-/m1/s1. The van der Waals surface area contributed by atoms with Gasteiger partial charge in [-0.1, -0.05) is 23.7 Å². The molecule has 0 aromatic heterocycles. The molecule has 0 aliphatic rings. The molecule has 0 aliphatic heterocycles. The predicted molar refractivity (Wildman–Crippen MR) is 99.9 cm³/mol. The van der Waals surface area contributed by atoms with Gasteiger partial charge in [0.05, 0.1) is 19.1 Å². The molecule has 0 heterocycles. The van der Waals surface area contributed by atoms with E-state index in [1.54, 1.807) is 42.5 Å². The number of benzene rings is 2. The van der Waals surface area contributed by atoms with Crippen molar-refractivity contribution in [2.75, 3.05) is 23.0 Å². The van der Waals surface area contributed by atoms with Crippen molar-refractivity contribution in [2.24, 2.45) is 0 Å². The van der Waals surface area contributed by atoms with E-state index in [1.807, 2.05) is 0 Å². The average molecular weight is 383 g/mol. The van der Waals surface area contributed by atoms with E-state index in [9.17, 15) is 13.2 Å². The highest BCUT2D eigenvalue weighted by Gasteiger charge is 2.29. The number of methoxy groups -OCH3 is 1. The first-order valence-electron chi connectivity index (χ1n) is 7.42. The van der Waals surface area contributed by atoms with Crippen molar-refractivity contribution in [1.29, 1.82) is 0 Å². The zero-order chi connectivity index (χ0) is 18.6. The van der Waals surface area contributed by atoms with Crippen LogP contribution in [0.15, 0.2) is 48.5 Å². The van der Waals surface area contributed by atoms with Crippen molar-refractivity contribution in [2.45, 2.75) is 13.0 Å². The van der Waals surface area contributed by atoms with E-state index in [1.165, 1.54) is 20.1 Å². The minimum atomic E-state index is -3.69. The van der Waals surface area contributed by atoms with Crippen LogP contribution in [-0.2, 0) is 14.8 Å². The largest absolute Gasteiger partial charge is 0.497 e. The summed E-state index contributed by atoms with van der Waals surface area (Å²) in [7, 11) is -2.17. The van der Waals surface area contributed by atoms with E-state index in [0.717, 1.165) is 10.6 Å². The number of sulfonamides is 1. The van der Waals surface area contributed by atoms with Crippen LogP contribution in [0.4, 0.5) is 11.4 Å². The third-order valence-electron chi connectivity index (χ3n) is 3.49. The van der Waals surface area contributed by atoms with Crippen LogP contribution in [0.25, 0.3) is 0 Å². The molecular weight excluding hydrogens is 364 g/mol. The van der Waals surface area contributed by atoms with E-state index >= 15 is 0 Å². The molecule has 2 rings (SSSR count). The van der Waals surface area contributed by atoms with Crippen LogP contribution in [-0.4, -0.2) is 33.7 Å². The molecule has 1 N–H and O–H groups in total. The molecule has 8 heteroatoms. The topological polar surface area (TPSA) is 75.7 Å². The van der Waals surface area contributed by atoms with E-state index in [4.69, 9.17) is 16.3 Å². The molecule has 0 spiro atoms. The van der Waals surface area contributed by atoms with Crippen molar-refractivity contribution in [3.8, 4) is 5.75 Å². The van der Waals surface area contributed by atoms with Gasteiger partial charge in [-0.2, -0.15) is 0 Å². The lowest BCUT2D eigenvalue weighted by atomic mass is 10.2. The summed E-state index contributed by atoms with van der Waals surface area (Å²) in [5.74, 6) is 0.110. The molecular formula is C17H19ClN2O4S. The SMILES string of the molecule is COc1cccc(NC(=O)[C@@H](C)N(c2cccc(Cl)c2)S(C)(=O)=O)c1. The maximum Gasteiger partial charge on any atom is 0.247 e. The molecule has 1 atom stereocenters. The molecule has 2 aromatic rings. The smallest absolute Gasteiger partial charge is 0.247 e. The van der Waals surface area contributed by atoms with Gasteiger partial charge in [0.15, 0.2) is 0 Å². The lowest BCUT2D eigenvalue weighted by Crippen LogP contribution is -2.45. The highest BCUT2D eigenvalue weighted by Crippen LogP contribution is 2.25. The Labute approximate surface area is 152 Å². The van der Waals surface area contributed by atoms with Crippen LogP contribution in [0.3, 0.4) is 0 Å². The number of carbonyl (C=O) groups is 1. The Morgan fingerprint density at radius 3 is 2.48 bits per heavy atom. The molecule has 0 bridgehead atoms. The van der Waals surface area contributed by atoms with Crippen molar-refractivity contribution >= 4 is 38.9 Å². The van der Waals surface area contributed by atoms with Crippen molar-refractivity contribution < 1.29 is 17.9 Å². The summed E-state index contributed by atoms with van der Waals surface area (Å²) in [4.78, 5) is 12.6. The Morgan fingerprint density at radius 2 is 1.88 bits per heavy atom. The summed E-state index contributed by atoms with van der Waals surface area (Å²) in [6.45, 7) is 1.51. The summed E-state index contributed by atoms with van der Waals surface area (Å²) in [6, 6.07) is 12.2. The molecule has 1 amide bonds. The zero-order valence-electron chi connectivity index (χ0n) is 14.1. The molecule has 0 radical (unpaired) electrons. The minimum absolute atomic E-state index is 0.322. The van der Waals surface area contributed by atoms with Crippen LogP contribution in [0.1, 0.15) is 6.92 Å². The lowest BCUT2D eigenvalue weighted by Gasteiger charge is -2.28. The van der Waals surface area contributed by atoms with Gasteiger partial charge in [0.2, 0.25) is 15.9 Å². The van der Waals surface area contributed by atoms with E-state index in [-0.39, 0.29) is 0 Å². The molecule has 25 heavy (non-hydrogen) atoms. The van der Waals surface area contributed by atoms with Gasteiger partial charge in [0.1, 0.15) is 11.8 Å². The second-order valence-electron chi connectivity index (χ2n) is 5.44. The highest BCUT2D eigenvalue weighted by atomic mass is 35.5. The Morgan fingerprint density at radius 1 is 1.20 bits per heavy atom. The van der Waals surface area contributed by atoms with Gasteiger partial charge in [0, 0.05) is 16.8 Å². The van der Waals surface area contributed by atoms with Gasteiger partial charge in [-0.05, 0) is 37.3 Å². The Balaban J connectivity index is 2.30. The van der Waals surface area contributed by atoms with E-state index in [0.29, 0.717) is 22.1 Å². The quantitative estimate of drug-likeness (QED) is 0.832. The number of nitrogens with zero attached hydrogens (tertiary/aromatic N) is 1. The summed E-state index contributed by atoms with van der Waals surface area (Å²) < 4.78 is 30.6. The van der Waals surface area contributed by atoms with Gasteiger partial charge in [-0.15, -0.1) is 0 Å². The number of amides is 1. The van der Waals surface area contributed by atoms with Gasteiger partial charge in [-0.3, -0.25) is 9.10 Å². The monoisotopic (exact) mass is 382 g/mol. The summed E-state index contributed by atoms with van der Waals surface area (Å²) in [5, 5.41) is 3.08. The first kappa shape index (κ1) is 19.1. The van der Waals surface area contributed by atoms with Crippen LogP contribution in [0, 0.1) is 0 Å². The average Bonchev–Trinajstić information content (AvgIpc) is 2.53. The Kier molecular flexibility index (Phi) is 5.92. The fourth-order valence-corrected chi connectivity index (χ4v) is 3.72. The lowest BCUT2D eigenvalue weighted by molar-refractivity contribution is -0.116. The molecule has 0 saturated heterocycles. The third kappa shape index (κ3) is 4.87. The predicted octanol–water partition coefficient (Wildman–Crippen LogP) is 3.14. The van der Waals surface area contributed by atoms with Gasteiger partial charge >= 0.3 is 0 Å². The number of nitrogens with one attached hydrogen (secondary N) is 1. The molecule has 0 unspecified atom stereocenters. The number of carbonyl (C=O) groups excluding carboxylic acids is 1.